The molecule has 0 spiro atoms. The summed E-state index contributed by atoms with van der Waals surface area (Å²) in [6.07, 6.45) is -4.60. The number of carboxylic acid groups (broad SMARTS) is 1. The lowest BCUT2D eigenvalue weighted by molar-refractivity contribution is -0.139. The number of nitrogens with one attached hydrogen (secondary N) is 1. The van der Waals surface area contributed by atoms with Gasteiger partial charge in [-0.05, 0) is 51.2 Å². The molecule has 256 valence electrons. The Bertz CT molecular complexity index is 1880. The predicted molar refractivity (Wildman–Crippen MR) is 169 cm³/mol. The summed E-state index contributed by atoms with van der Waals surface area (Å²) < 4.78 is 80.1. The number of hydrogen-bond acceptors (Lipinski definition) is 6. The van der Waals surface area contributed by atoms with Gasteiger partial charge in [0.25, 0.3) is 5.56 Å². The molecule has 4 rings (SSSR count). The standard InChI is InChI=1S/C34H35F5N4O5/c1-21-30(23-12-7-15-28(31(23)36)48-17-9-16-41(3)20-29(44)45)32(46)43(19-27(40-2)22-10-5-4-6-11-22)33(47)42(21)18-24-25(34(37,38)39)13-8-14-26(24)35/h4-8,10-15,27,40H,9,16-20H2,1-3H3,(H,44,45)/t27-/m0/s1. The molecule has 0 saturated heterocycles. The molecule has 4 aromatic rings. The van der Waals surface area contributed by atoms with E-state index in [0.717, 1.165) is 21.3 Å². The zero-order valence-electron chi connectivity index (χ0n) is 26.5. The highest BCUT2D eigenvalue weighted by Gasteiger charge is 2.35. The zero-order chi connectivity index (χ0) is 35.2. The fraction of sp³-hybridized carbons (Fsp3) is 0.324. The number of carbonyl (C=O) groups is 1. The van der Waals surface area contributed by atoms with E-state index in [1.807, 2.05) is 0 Å². The van der Waals surface area contributed by atoms with Crippen molar-refractivity contribution in [3.8, 4) is 16.9 Å². The average Bonchev–Trinajstić information content (AvgIpc) is 3.03. The van der Waals surface area contributed by atoms with Gasteiger partial charge in [0, 0.05) is 23.4 Å². The molecular formula is C34H35F5N4O5. The summed E-state index contributed by atoms with van der Waals surface area (Å²) in [6.45, 7) is 0.261. The van der Waals surface area contributed by atoms with Gasteiger partial charge in [0.2, 0.25) is 0 Å². The van der Waals surface area contributed by atoms with E-state index in [0.29, 0.717) is 24.6 Å². The number of alkyl halides is 3. The number of halogens is 5. The minimum Gasteiger partial charge on any atom is -0.490 e. The zero-order valence-corrected chi connectivity index (χ0v) is 26.5. The normalized spacial score (nSPS) is 12.4. The minimum atomic E-state index is -4.95. The molecule has 9 nitrogen and oxygen atoms in total. The van der Waals surface area contributed by atoms with Gasteiger partial charge in [0.15, 0.2) is 11.6 Å². The highest BCUT2D eigenvalue weighted by atomic mass is 19.4. The maximum Gasteiger partial charge on any atom is 0.416 e. The average molecular weight is 675 g/mol. The highest BCUT2D eigenvalue weighted by Crippen LogP contribution is 2.34. The van der Waals surface area contributed by atoms with E-state index < -0.39 is 58.7 Å². The molecule has 0 unspecified atom stereocenters. The number of aromatic nitrogens is 2. The van der Waals surface area contributed by atoms with Crippen LogP contribution in [0.2, 0.25) is 0 Å². The monoisotopic (exact) mass is 674 g/mol. The Labute approximate surface area is 272 Å². The molecule has 0 aliphatic heterocycles. The van der Waals surface area contributed by atoms with Crippen molar-refractivity contribution in [2.45, 2.75) is 38.7 Å². The van der Waals surface area contributed by atoms with E-state index in [2.05, 4.69) is 5.32 Å². The van der Waals surface area contributed by atoms with Crippen LogP contribution in [0.4, 0.5) is 22.0 Å². The van der Waals surface area contributed by atoms with Crippen molar-refractivity contribution in [2.24, 2.45) is 0 Å². The van der Waals surface area contributed by atoms with Crippen LogP contribution >= 0.6 is 0 Å². The molecule has 48 heavy (non-hydrogen) atoms. The number of aliphatic carboxylic acids is 1. The van der Waals surface area contributed by atoms with E-state index in [1.54, 1.807) is 49.3 Å². The van der Waals surface area contributed by atoms with Crippen LogP contribution in [0.5, 0.6) is 5.75 Å². The van der Waals surface area contributed by atoms with Crippen molar-refractivity contribution >= 4 is 5.97 Å². The van der Waals surface area contributed by atoms with Crippen molar-refractivity contribution in [2.75, 3.05) is 33.8 Å². The first kappa shape index (κ1) is 36.0. The van der Waals surface area contributed by atoms with Crippen LogP contribution in [0.3, 0.4) is 0 Å². The summed E-state index contributed by atoms with van der Waals surface area (Å²) in [5, 5.41) is 11.9. The van der Waals surface area contributed by atoms with Gasteiger partial charge in [-0.1, -0.05) is 48.5 Å². The Morgan fingerprint density at radius 2 is 1.69 bits per heavy atom. The molecule has 0 radical (unpaired) electrons. The van der Waals surface area contributed by atoms with Gasteiger partial charge in [0.1, 0.15) is 5.82 Å². The van der Waals surface area contributed by atoms with Crippen LogP contribution in [0.1, 0.15) is 34.8 Å². The van der Waals surface area contributed by atoms with E-state index in [4.69, 9.17) is 9.84 Å². The summed E-state index contributed by atoms with van der Waals surface area (Å²) >= 11 is 0. The first-order valence-electron chi connectivity index (χ1n) is 15.0. The SMILES string of the molecule is CN[C@@H](Cn1c(=O)c(-c2cccc(OCCCN(C)CC(=O)O)c2F)c(C)n(Cc2c(F)cccc2C(F)(F)F)c1=O)c1ccccc1. The molecule has 14 heteroatoms. The van der Waals surface area contributed by atoms with Crippen molar-refractivity contribution in [3.63, 3.8) is 0 Å². The van der Waals surface area contributed by atoms with Crippen molar-refractivity contribution in [3.05, 3.63) is 122 Å². The van der Waals surface area contributed by atoms with Gasteiger partial charge in [-0.25, -0.2) is 13.6 Å². The second kappa shape index (κ2) is 15.4. The number of nitrogens with zero attached hydrogens (tertiary/aromatic N) is 3. The van der Waals surface area contributed by atoms with Gasteiger partial charge >= 0.3 is 17.8 Å². The van der Waals surface area contributed by atoms with Crippen molar-refractivity contribution in [1.82, 2.24) is 19.4 Å². The Morgan fingerprint density at radius 3 is 2.33 bits per heavy atom. The number of likely N-dealkylation sites (N-methyl/N-ethyl adjacent to an activating group) is 2. The largest absolute Gasteiger partial charge is 0.490 e. The van der Waals surface area contributed by atoms with Gasteiger partial charge < -0.3 is 15.2 Å². The molecule has 1 atom stereocenters. The Hall–Kier alpha value is -4.82. The molecule has 1 heterocycles. The fourth-order valence-electron chi connectivity index (χ4n) is 5.47. The van der Waals surface area contributed by atoms with Gasteiger partial charge in [-0.15, -0.1) is 0 Å². The smallest absolute Gasteiger partial charge is 0.416 e. The quantitative estimate of drug-likeness (QED) is 0.142. The van der Waals surface area contributed by atoms with Crippen LogP contribution in [0, 0.1) is 18.6 Å². The first-order chi connectivity index (χ1) is 22.7. The molecule has 0 bridgehead atoms. The van der Waals surface area contributed by atoms with E-state index in [1.165, 1.54) is 25.1 Å². The second-order valence-electron chi connectivity index (χ2n) is 11.2. The van der Waals surface area contributed by atoms with Gasteiger partial charge in [-0.3, -0.25) is 23.6 Å². The summed E-state index contributed by atoms with van der Waals surface area (Å²) in [4.78, 5) is 40.5. The van der Waals surface area contributed by atoms with Crippen LogP contribution in [-0.4, -0.2) is 58.9 Å². The minimum absolute atomic E-state index is 0.00146. The van der Waals surface area contributed by atoms with Crippen LogP contribution < -0.4 is 21.3 Å². The van der Waals surface area contributed by atoms with Crippen LogP contribution in [0.25, 0.3) is 11.1 Å². The van der Waals surface area contributed by atoms with Crippen LogP contribution in [0.15, 0.2) is 76.3 Å². The third-order valence-electron chi connectivity index (χ3n) is 7.92. The third kappa shape index (κ3) is 8.17. The number of carboxylic acids is 1. The number of rotatable bonds is 14. The lowest BCUT2D eigenvalue weighted by Crippen LogP contribution is -2.44. The molecule has 0 fully saturated rings. The number of benzene rings is 3. The molecule has 0 saturated carbocycles. The molecule has 1 aromatic heterocycles. The molecular weight excluding hydrogens is 639 g/mol. The predicted octanol–water partition coefficient (Wildman–Crippen LogP) is 5.08. The summed E-state index contributed by atoms with van der Waals surface area (Å²) in [7, 11) is 3.21. The second-order valence-corrected chi connectivity index (χ2v) is 11.2. The summed E-state index contributed by atoms with van der Waals surface area (Å²) in [5.41, 5.74) is -4.08. The van der Waals surface area contributed by atoms with E-state index in [-0.39, 0.29) is 42.3 Å². The third-order valence-corrected chi connectivity index (χ3v) is 7.92. The van der Waals surface area contributed by atoms with Crippen molar-refractivity contribution < 1.29 is 36.6 Å². The number of ether oxygens (including phenoxy) is 1. The first-order valence-corrected chi connectivity index (χ1v) is 15.0. The lowest BCUT2D eigenvalue weighted by Gasteiger charge is -2.23. The summed E-state index contributed by atoms with van der Waals surface area (Å²) in [6, 6.07) is 14.7. The maximum atomic E-state index is 16.1. The molecule has 2 N–H and O–H groups in total. The number of hydrogen-bond donors (Lipinski definition) is 2. The van der Waals surface area contributed by atoms with Crippen LogP contribution in [-0.2, 0) is 24.1 Å². The van der Waals surface area contributed by atoms with Crippen molar-refractivity contribution in [1.29, 1.82) is 0 Å². The van der Waals surface area contributed by atoms with Gasteiger partial charge in [-0.2, -0.15) is 13.2 Å². The fourth-order valence-corrected chi connectivity index (χ4v) is 5.47. The Kier molecular flexibility index (Phi) is 11.5. The molecule has 3 aromatic carbocycles. The molecule has 0 amide bonds. The molecule has 0 aliphatic carbocycles. The topological polar surface area (TPSA) is 106 Å². The Morgan fingerprint density at radius 1 is 1.00 bits per heavy atom. The van der Waals surface area contributed by atoms with E-state index >= 15 is 4.39 Å². The molecule has 0 aliphatic rings. The summed E-state index contributed by atoms with van der Waals surface area (Å²) in [5.74, 6) is -3.40. The highest BCUT2D eigenvalue weighted by molar-refractivity contribution is 5.69. The maximum absolute atomic E-state index is 16.1. The van der Waals surface area contributed by atoms with Gasteiger partial charge in [0.05, 0.1) is 43.4 Å². The Balaban J connectivity index is 1.85. The van der Waals surface area contributed by atoms with E-state index in [9.17, 15) is 31.9 Å². The lowest BCUT2D eigenvalue weighted by atomic mass is 10.0.